The van der Waals surface area contributed by atoms with Gasteiger partial charge in [0.15, 0.2) is 0 Å². The summed E-state index contributed by atoms with van der Waals surface area (Å²) in [7, 11) is 0. The van der Waals surface area contributed by atoms with E-state index in [0.29, 0.717) is 12.0 Å². The molecule has 1 aliphatic heterocycles. The van der Waals surface area contributed by atoms with Crippen LogP contribution in [0.15, 0.2) is 0 Å². The number of nitrogens with one attached hydrogen (secondary N) is 1. The Hall–Kier alpha value is -0.940. The SMILES string of the molecule is Cc1nc2sc3c(n2n1)CCNC3C(C)C. The fraction of sp³-hybridized carbons (Fsp3) is 0.636. The van der Waals surface area contributed by atoms with Gasteiger partial charge in [-0.1, -0.05) is 25.2 Å². The molecule has 0 aliphatic carbocycles. The van der Waals surface area contributed by atoms with Crippen LogP contribution in [0, 0.1) is 12.8 Å². The lowest BCUT2D eigenvalue weighted by molar-refractivity contribution is 0.397. The van der Waals surface area contributed by atoms with Crippen LogP contribution in [0.25, 0.3) is 4.96 Å². The van der Waals surface area contributed by atoms with Crippen molar-refractivity contribution in [1.29, 1.82) is 0 Å². The van der Waals surface area contributed by atoms with Crippen LogP contribution in [-0.2, 0) is 6.42 Å². The third kappa shape index (κ3) is 1.38. The first-order valence-electron chi connectivity index (χ1n) is 5.75. The lowest BCUT2D eigenvalue weighted by atomic mass is 9.97. The van der Waals surface area contributed by atoms with Crippen molar-refractivity contribution in [2.75, 3.05) is 6.54 Å². The summed E-state index contributed by atoms with van der Waals surface area (Å²) in [6, 6.07) is 0.470. The lowest BCUT2D eigenvalue weighted by Gasteiger charge is -2.26. The Balaban J connectivity index is 2.18. The van der Waals surface area contributed by atoms with E-state index in [-0.39, 0.29) is 0 Å². The quantitative estimate of drug-likeness (QED) is 0.823. The minimum Gasteiger partial charge on any atom is -0.309 e. The maximum atomic E-state index is 4.47. The van der Waals surface area contributed by atoms with Crippen LogP contribution in [0.3, 0.4) is 0 Å². The predicted molar refractivity (Wildman–Crippen MR) is 64.9 cm³/mol. The number of hydrogen-bond acceptors (Lipinski definition) is 4. The van der Waals surface area contributed by atoms with E-state index in [1.54, 1.807) is 11.3 Å². The first kappa shape index (κ1) is 10.2. The van der Waals surface area contributed by atoms with Gasteiger partial charge in [0.05, 0.1) is 5.69 Å². The van der Waals surface area contributed by atoms with E-state index in [1.165, 1.54) is 10.6 Å². The van der Waals surface area contributed by atoms with Gasteiger partial charge in [0, 0.05) is 23.9 Å². The van der Waals surface area contributed by atoms with Crippen LogP contribution >= 0.6 is 11.3 Å². The maximum Gasteiger partial charge on any atom is 0.212 e. The zero-order valence-electron chi connectivity index (χ0n) is 9.82. The van der Waals surface area contributed by atoms with Gasteiger partial charge in [0.1, 0.15) is 5.82 Å². The van der Waals surface area contributed by atoms with Gasteiger partial charge in [-0.15, -0.1) is 0 Å². The molecule has 2 aromatic rings. The second-order valence-corrected chi connectivity index (χ2v) is 5.70. The Kier molecular flexibility index (Phi) is 2.26. The van der Waals surface area contributed by atoms with Crippen molar-refractivity contribution in [3.8, 4) is 0 Å². The van der Waals surface area contributed by atoms with Crippen molar-refractivity contribution >= 4 is 16.3 Å². The molecule has 0 saturated carbocycles. The standard InChI is InChI=1S/C11H16N4S/c1-6(2)9-10-8(4-5-12-9)15-11(16-10)13-7(3)14-15/h6,9,12H,4-5H2,1-3H3. The zero-order valence-corrected chi connectivity index (χ0v) is 10.6. The number of hydrogen-bond donors (Lipinski definition) is 1. The number of aryl methyl sites for hydroxylation is 1. The fourth-order valence-electron chi connectivity index (χ4n) is 2.35. The molecule has 0 radical (unpaired) electrons. The average Bonchev–Trinajstić information content (AvgIpc) is 2.72. The van der Waals surface area contributed by atoms with Gasteiger partial charge in [-0.2, -0.15) is 5.10 Å². The highest BCUT2D eigenvalue weighted by Crippen LogP contribution is 2.34. The highest BCUT2D eigenvalue weighted by atomic mass is 32.1. The molecule has 3 rings (SSSR count). The fourth-order valence-corrected chi connectivity index (χ4v) is 3.75. The number of fused-ring (bicyclic) bond motifs is 3. The highest BCUT2D eigenvalue weighted by Gasteiger charge is 2.27. The van der Waals surface area contributed by atoms with E-state index >= 15 is 0 Å². The normalized spacial score (nSPS) is 20.6. The Morgan fingerprint density at radius 3 is 3.06 bits per heavy atom. The molecule has 0 saturated heterocycles. The molecule has 4 nitrogen and oxygen atoms in total. The van der Waals surface area contributed by atoms with E-state index in [9.17, 15) is 0 Å². The predicted octanol–water partition coefficient (Wildman–Crippen LogP) is 1.94. The summed E-state index contributed by atoms with van der Waals surface area (Å²) in [6.07, 6.45) is 1.06. The molecule has 0 fully saturated rings. The van der Waals surface area contributed by atoms with Crippen LogP contribution in [0.4, 0.5) is 0 Å². The van der Waals surface area contributed by atoms with E-state index in [4.69, 9.17) is 0 Å². The Bertz CT molecular complexity index is 525. The summed E-state index contributed by atoms with van der Waals surface area (Å²) in [5, 5.41) is 8.05. The Labute approximate surface area is 98.7 Å². The van der Waals surface area contributed by atoms with Gasteiger partial charge in [0.25, 0.3) is 0 Å². The monoisotopic (exact) mass is 236 g/mol. The molecule has 2 aromatic heterocycles. The molecular formula is C11H16N4S. The number of thiazole rings is 1. The third-order valence-electron chi connectivity index (χ3n) is 3.10. The Morgan fingerprint density at radius 2 is 2.31 bits per heavy atom. The maximum absolute atomic E-state index is 4.47. The molecule has 0 amide bonds. The summed E-state index contributed by atoms with van der Waals surface area (Å²) in [5.41, 5.74) is 1.36. The third-order valence-corrected chi connectivity index (χ3v) is 4.26. The summed E-state index contributed by atoms with van der Waals surface area (Å²) < 4.78 is 2.03. The molecule has 1 aliphatic rings. The number of rotatable bonds is 1. The van der Waals surface area contributed by atoms with Crippen molar-refractivity contribution in [1.82, 2.24) is 19.9 Å². The van der Waals surface area contributed by atoms with Crippen molar-refractivity contribution in [3.63, 3.8) is 0 Å². The van der Waals surface area contributed by atoms with Crippen molar-refractivity contribution < 1.29 is 0 Å². The molecule has 16 heavy (non-hydrogen) atoms. The van der Waals surface area contributed by atoms with E-state index in [1.807, 2.05) is 11.4 Å². The molecular weight excluding hydrogens is 220 g/mol. The summed E-state index contributed by atoms with van der Waals surface area (Å²) in [5.74, 6) is 1.48. The van der Waals surface area contributed by atoms with Crippen LogP contribution in [-0.4, -0.2) is 21.1 Å². The first-order valence-corrected chi connectivity index (χ1v) is 6.57. The van der Waals surface area contributed by atoms with Gasteiger partial charge < -0.3 is 5.32 Å². The van der Waals surface area contributed by atoms with Crippen molar-refractivity contribution in [2.45, 2.75) is 33.2 Å². The summed E-state index contributed by atoms with van der Waals surface area (Å²) >= 11 is 1.78. The molecule has 1 N–H and O–H groups in total. The van der Waals surface area contributed by atoms with Gasteiger partial charge in [-0.25, -0.2) is 9.50 Å². The number of nitrogens with zero attached hydrogens (tertiary/aromatic N) is 3. The summed E-state index contributed by atoms with van der Waals surface area (Å²) in [4.78, 5) is 6.92. The second kappa shape index (κ2) is 3.53. The minimum absolute atomic E-state index is 0.470. The highest BCUT2D eigenvalue weighted by molar-refractivity contribution is 7.17. The van der Waals surface area contributed by atoms with E-state index in [2.05, 4.69) is 29.2 Å². The van der Waals surface area contributed by atoms with E-state index < -0.39 is 0 Å². The molecule has 0 spiro atoms. The lowest BCUT2D eigenvalue weighted by Crippen LogP contribution is -2.32. The van der Waals surface area contributed by atoms with Gasteiger partial charge in [-0.3, -0.25) is 0 Å². The molecule has 5 heteroatoms. The van der Waals surface area contributed by atoms with Crippen molar-refractivity contribution in [3.05, 3.63) is 16.4 Å². The Morgan fingerprint density at radius 1 is 1.50 bits per heavy atom. The van der Waals surface area contributed by atoms with E-state index in [0.717, 1.165) is 23.8 Å². The molecule has 0 aromatic carbocycles. The average molecular weight is 236 g/mol. The first-order chi connectivity index (χ1) is 7.66. The smallest absolute Gasteiger partial charge is 0.212 e. The molecule has 3 heterocycles. The minimum atomic E-state index is 0.470. The van der Waals surface area contributed by atoms with Gasteiger partial charge >= 0.3 is 0 Å². The summed E-state index contributed by atoms with van der Waals surface area (Å²) in [6.45, 7) is 7.51. The molecule has 0 bridgehead atoms. The van der Waals surface area contributed by atoms with Crippen molar-refractivity contribution in [2.24, 2.45) is 5.92 Å². The van der Waals surface area contributed by atoms with Gasteiger partial charge in [-0.05, 0) is 12.8 Å². The van der Waals surface area contributed by atoms with Crippen LogP contribution < -0.4 is 5.32 Å². The second-order valence-electron chi connectivity index (χ2n) is 4.69. The van der Waals surface area contributed by atoms with Crippen LogP contribution in [0.5, 0.6) is 0 Å². The zero-order chi connectivity index (χ0) is 11.3. The molecule has 1 unspecified atom stereocenters. The molecule has 1 atom stereocenters. The van der Waals surface area contributed by atoms with Crippen LogP contribution in [0.1, 0.15) is 36.3 Å². The van der Waals surface area contributed by atoms with Gasteiger partial charge in [0.2, 0.25) is 4.96 Å². The largest absolute Gasteiger partial charge is 0.309 e. The molecule has 86 valence electrons. The van der Waals surface area contributed by atoms with Crippen LogP contribution in [0.2, 0.25) is 0 Å². The number of aromatic nitrogens is 3. The topological polar surface area (TPSA) is 42.2 Å².